The first kappa shape index (κ1) is 29.7. The van der Waals surface area contributed by atoms with Gasteiger partial charge in [-0.05, 0) is 66.0 Å². The van der Waals surface area contributed by atoms with Gasteiger partial charge in [0.25, 0.3) is 0 Å². The lowest BCUT2D eigenvalue weighted by atomic mass is 9.61. The van der Waals surface area contributed by atoms with Crippen molar-refractivity contribution in [1.29, 1.82) is 0 Å². The van der Waals surface area contributed by atoms with E-state index in [1.807, 2.05) is 0 Å². The van der Waals surface area contributed by atoms with Crippen molar-refractivity contribution in [3.05, 3.63) is 69.3 Å². The second-order valence-corrected chi connectivity index (χ2v) is 16.5. The van der Waals surface area contributed by atoms with Gasteiger partial charge in [-0.2, -0.15) is 0 Å². The minimum absolute atomic E-state index is 0.0278. The van der Waals surface area contributed by atoms with Crippen molar-refractivity contribution in [2.24, 2.45) is 0 Å². The first-order valence-electron chi connectivity index (χ1n) is 13.6. The Morgan fingerprint density at radius 1 is 0.343 bits per heavy atom. The summed E-state index contributed by atoms with van der Waals surface area (Å²) in [6.07, 6.45) is 0. The molecule has 0 radical (unpaired) electrons. The number of hydrogen-bond acceptors (Lipinski definition) is 0. The van der Waals surface area contributed by atoms with Gasteiger partial charge in [0.15, 0.2) is 0 Å². The molecule has 0 saturated heterocycles. The molecule has 0 aliphatic heterocycles. The number of rotatable bonds is 2. The van der Waals surface area contributed by atoms with E-state index in [4.69, 9.17) is 0 Å². The maximum atomic E-state index is 2.53. The Kier molecular flexibility index (Phi) is 7.44. The van der Waals surface area contributed by atoms with E-state index >= 15 is 0 Å². The summed E-state index contributed by atoms with van der Waals surface area (Å²) in [4.78, 5) is 0. The van der Waals surface area contributed by atoms with Crippen LogP contribution in [0.25, 0.3) is 0 Å². The standard InChI is InChI=1S/C35H56/c1-30(2,3)23-18-19-24(31(4,5)6)27(22-23)35(16,17)29-26(33(10,11)12)21-20-25(32(7,8)9)28(29)34(13,14)15/h18-22H,1-17H3. The summed E-state index contributed by atoms with van der Waals surface area (Å²) in [5.41, 5.74) is 10.5. The number of benzene rings is 2. The van der Waals surface area contributed by atoms with Gasteiger partial charge in [-0.1, -0.05) is 148 Å². The Morgan fingerprint density at radius 2 is 0.714 bits per heavy atom. The fourth-order valence-corrected chi connectivity index (χ4v) is 5.60. The molecule has 2 aromatic carbocycles. The highest BCUT2D eigenvalue weighted by Crippen LogP contribution is 2.49. The highest BCUT2D eigenvalue weighted by Gasteiger charge is 2.40. The van der Waals surface area contributed by atoms with E-state index in [2.05, 4.69) is 148 Å². The van der Waals surface area contributed by atoms with E-state index in [1.54, 1.807) is 0 Å². The quantitative estimate of drug-likeness (QED) is 0.404. The lowest BCUT2D eigenvalue weighted by molar-refractivity contribution is 0.480. The van der Waals surface area contributed by atoms with Crippen LogP contribution in [0.5, 0.6) is 0 Å². The predicted octanol–water partition coefficient (Wildman–Crippen LogP) is 10.5. The van der Waals surface area contributed by atoms with Gasteiger partial charge in [0.2, 0.25) is 0 Å². The minimum Gasteiger partial charge on any atom is -0.0582 e. The fraction of sp³-hybridized carbons (Fsp3) is 0.657. The molecule has 196 valence electrons. The van der Waals surface area contributed by atoms with E-state index in [1.165, 1.54) is 38.9 Å². The smallest absolute Gasteiger partial charge is 0.0155 e. The summed E-state index contributed by atoms with van der Waals surface area (Å²) in [5, 5.41) is 0. The van der Waals surface area contributed by atoms with E-state index in [0.717, 1.165) is 0 Å². The third-order valence-corrected chi connectivity index (χ3v) is 7.56. The van der Waals surface area contributed by atoms with Crippen LogP contribution < -0.4 is 0 Å². The molecule has 0 bridgehead atoms. The molecule has 0 aromatic heterocycles. The highest BCUT2D eigenvalue weighted by atomic mass is 14.4. The lowest BCUT2D eigenvalue weighted by Crippen LogP contribution is -2.35. The van der Waals surface area contributed by atoms with Crippen LogP contribution in [0.15, 0.2) is 30.3 Å². The normalized spacial score (nSPS) is 14.4. The van der Waals surface area contributed by atoms with Crippen molar-refractivity contribution in [1.82, 2.24) is 0 Å². The molecule has 0 N–H and O–H groups in total. The van der Waals surface area contributed by atoms with Gasteiger partial charge in [0, 0.05) is 5.41 Å². The molecule has 0 amide bonds. The van der Waals surface area contributed by atoms with Crippen molar-refractivity contribution < 1.29 is 0 Å². The first-order valence-corrected chi connectivity index (χ1v) is 13.6. The highest BCUT2D eigenvalue weighted by molar-refractivity contribution is 5.58. The largest absolute Gasteiger partial charge is 0.0582 e. The molecule has 0 unspecified atom stereocenters. The Bertz CT molecular complexity index is 1060. The molecule has 0 heterocycles. The zero-order valence-corrected chi connectivity index (χ0v) is 26.4. The van der Waals surface area contributed by atoms with Gasteiger partial charge in [0.05, 0.1) is 0 Å². The Morgan fingerprint density at radius 3 is 1.06 bits per heavy atom. The van der Waals surface area contributed by atoms with Gasteiger partial charge in [0.1, 0.15) is 0 Å². The van der Waals surface area contributed by atoms with Gasteiger partial charge >= 0.3 is 0 Å². The van der Waals surface area contributed by atoms with Crippen LogP contribution in [0, 0.1) is 0 Å². The Balaban J connectivity index is 3.21. The Hall–Kier alpha value is -1.56. The topological polar surface area (TPSA) is 0 Å². The molecule has 0 nitrogen and oxygen atoms in total. The van der Waals surface area contributed by atoms with Crippen molar-refractivity contribution in [3.63, 3.8) is 0 Å². The van der Waals surface area contributed by atoms with Crippen LogP contribution in [0.1, 0.15) is 157 Å². The van der Waals surface area contributed by atoms with Crippen LogP contribution in [-0.2, 0) is 32.5 Å². The van der Waals surface area contributed by atoms with E-state index in [9.17, 15) is 0 Å². The average Bonchev–Trinajstić information content (AvgIpc) is 2.62. The number of hydrogen-bond donors (Lipinski definition) is 0. The van der Waals surface area contributed by atoms with Crippen molar-refractivity contribution >= 4 is 0 Å². The summed E-state index contributed by atoms with van der Waals surface area (Å²) in [6, 6.07) is 12.2. The van der Waals surface area contributed by atoms with Gasteiger partial charge < -0.3 is 0 Å². The molecular formula is C35H56. The van der Waals surface area contributed by atoms with Crippen LogP contribution >= 0.6 is 0 Å². The van der Waals surface area contributed by atoms with E-state index in [-0.39, 0.29) is 32.5 Å². The molecule has 0 atom stereocenters. The minimum atomic E-state index is -0.156. The SMILES string of the molecule is CC(C)(C)c1ccc(C(C)(C)C)c(C(C)(C)c2c(C(C)(C)C)ccc(C(C)(C)C)c2C(C)(C)C)c1. The second kappa shape index (κ2) is 8.78. The molecular weight excluding hydrogens is 420 g/mol. The average molecular weight is 477 g/mol. The monoisotopic (exact) mass is 476 g/mol. The fourth-order valence-electron chi connectivity index (χ4n) is 5.60. The summed E-state index contributed by atoms with van der Waals surface area (Å²) in [7, 11) is 0. The van der Waals surface area contributed by atoms with Crippen LogP contribution in [0.4, 0.5) is 0 Å². The molecule has 0 spiro atoms. The van der Waals surface area contributed by atoms with E-state index in [0.29, 0.717) is 0 Å². The van der Waals surface area contributed by atoms with Crippen LogP contribution in [0.2, 0.25) is 0 Å². The molecule has 0 saturated carbocycles. The van der Waals surface area contributed by atoms with Crippen LogP contribution in [0.3, 0.4) is 0 Å². The molecule has 2 rings (SSSR count). The third kappa shape index (κ3) is 6.06. The molecule has 0 aliphatic carbocycles. The molecule has 0 aliphatic rings. The summed E-state index contributed by atoms with van der Waals surface area (Å²) < 4.78 is 0. The molecule has 2 aromatic rings. The van der Waals surface area contributed by atoms with Crippen LogP contribution in [-0.4, -0.2) is 0 Å². The first-order chi connectivity index (χ1) is 15.3. The summed E-state index contributed by atoms with van der Waals surface area (Å²) >= 11 is 0. The zero-order chi connectivity index (χ0) is 27.6. The van der Waals surface area contributed by atoms with E-state index < -0.39 is 0 Å². The predicted molar refractivity (Wildman–Crippen MR) is 159 cm³/mol. The van der Waals surface area contributed by atoms with Gasteiger partial charge in [-0.3, -0.25) is 0 Å². The summed E-state index contributed by atoms with van der Waals surface area (Å²) in [6.45, 7) is 40.5. The second-order valence-electron chi connectivity index (χ2n) is 16.5. The van der Waals surface area contributed by atoms with Gasteiger partial charge in [-0.25, -0.2) is 0 Å². The van der Waals surface area contributed by atoms with Crippen molar-refractivity contribution in [2.75, 3.05) is 0 Å². The van der Waals surface area contributed by atoms with Crippen molar-refractivity contribution in [3.8, 4) is 0 Å². The molecule has 35 heavy (non-hydrogen) atoms. The third-order valence-electron chi connectivity index (χ3n) is 7.56. The maximum Gasteiger partial charge on any atom is 0.0155 e. The zero-order valence-electron chi connectivity index (χ0n) is 26.4. The summed E-state index contributed by atoms with van der Waals surface area (Å²) in [5.74, 6) is 0. The van der Waals surface area contributed by atoms with Crippen molar-refractivity contribution in [2.45, 2.75) is 150 Å². The molecule has 0 fully saturated rings. The van der Waals surface area contributed by atoms with Gasteiger partial charge in [-0.15, -0.1) is 0 Å². The lowest BCUT2D eigenvalue weighted by Gasteiger charge is -2.43. The maximum absolute atomic E-state index is 2.53. The molecule has 0 heteroatoms. The Labute approximate surface area is 219 Å².